The van der Waals surface area contributed by atoms with Crippen molar-refractivity contribution in [2.75, 3.05) is 5.73 Å². The minimum absolute atomic E-state index is 0.123. The number of ether oxygens (including phenoxy) is 1. The number of phenolic OH excluding ortho intramolecular Hbond substituents is 1. The maximum Gasteiger partial charge on any atom is 0.227 e. The summed E-state index contributed by atoms with van der Waals surface area (Å²) in [5, 5.41) is 20.3. The molecular formula is C16H11N3O2. The van der Waals surface area contributed by atoms with Gasteiger partial charge in [-0.1, -0.05) is 6.07 Å². The van der Waals surface area contributed by atoms with E-state index in [0.717, 1.165) is 5.39 Å². The zero-order valence-electron chi connectivity index (χ0n) is 10.9. The number of pyridine rings is 1. The molecule has 0 saturated heterocycles. The van der Waals surface area contributed by atoms with Crippen LogP contribution in [-0.4, -0.2) is 10.1 Å². The molecule has 5 nitrogen and oxygen atoms in total. The molecule has 0 saturated carbocycles. The highest BCUT2D eigenvalue weighted by molar-refractivity contribution is 5.88. The molecule has 1 aromatic heterocycles. The number of fused-ring (bicyclic) bond motifs is 1. The Balaban J connectivity index is 2.11. The molecule has 5 heteroatoms. The van der Waals surface area contributed by atoms with Gasteiger partial charge < -0.3 is 15.6 Å². The molecule has 0 bridgehead atoms. The smallest absolute Gasteiger partial charge is 0.227 e. The summed E-state index contributed by atoms with van der Waals surface area (Å²) in [6.45, 7) is 0. The van der Waals surface area contributed by atoms with Crippen molar-refractivity contribution in [1.29, 1.82) is 5.26 Å². The average Bonchev–Trinajstić information content (AvgIpc) is 2.49. The summed E-state index contributed by atoms with van der Waals surface area (Å²) < 4.78 is 5.72. The van der Waals surface area contributed by atoms with Crippen LogP contribution in [0.15, 0.2) is 48.7 Å². The predicted octanol–water partition coefficient (Wildman–Crippen LogP) is 3.19. The maximum atomic E-state index is 9.61. The lowest BCUT2D eigenvalue weighted by Crippen LogP contribution is -1.93. The zero-order chi connectivity index (χ0) is 14.8. The van der Waals surface area contributed by atoms with Crippen molar-refractivity contribution in [3.05, 3.63) is 54.2 Å². The van der Waals surface area contributed by atoms with E-state index in [4.69, 9.17) is 15.7 Å². The lowest BCUT2D eigenvalue weighted by Gasteiger charge is -2.09. The Kier molecular flexibility index (Phi) is 3.05. The van der Waals surface area contributed by atoms with E-state index in [1.165, 1.54) is 6.07 Å². The molecule has 102 valence electrons. The number of anilines is 1. The lowest BCUT2D eigenvalue weighted by atomic mass is 10.1. The summed E-state index contributed by atoms with van der Waals surface area (Å²) >= 11 is 0. The quantitative estimate of drug-likeness (QED) is 0.702. The van der Waals surface area contributed by atoms with Gasteiger partial charge in [0, 0.05) is 17.3 Å². The molecular weight excluding hydrogens is 266 g/mol. The molecule has 0 amide bonds. The number of rotatable bonds is 2. The number of hydrogen-bond acceptors (Lipinski definition) is 5. The van der Waals surface area contributed by atoms with E-state index in [2.05, 4.69) is 4.98 Å². The second-order valence-electron chi connectivity index (χ2n) is 4.49. The largest absolute Gasteiger partial charge is 0.508 e. The van der Waals surface area contributed by atoms with Crippen LogP contribution in [0, 0.1) is 11.3 Å². The fraction of sp³-hybridized carbons (Fsp3) is 0. The van der Waals surface area contributed by atoms with Gasteiger partial charge in [-0.3, -0.25) is 0 Å². The van der Waals surface area contributed by atoms with Gasteiger partial charge in [0.1, 0.15) is 17.6 Å². The van der Waals surface area contributed by atoms with Gasteiger partial charge in [-0.15, -0.1) is 0 Å². The van der Waals surface area contributed by atoms with E-state index in [1.54, 1.807) is 36.5 Å². The van der Waals surface area contributed by atoms with Crippen molar-refractivity contribution in [3.63, 3.8) is 0 Å². The number of hydrogen-bond donors (Lipinski definition) is 2. The first kappa shape index (κ1) is 12.8. The summed E-state index contributed by atoms with van der Waals surface area (Å²) in [5.41, 5.74) is 6.47. The summed E-state index contributed by atoms with van der Waals surface area (Å²) in [4.78, 5) is 4.17. The van der Waals surface area contributed by atoms with Crippen molar-refractivity contribution in [1.82, 2.24) is 4.98 Å². The van der Waals surface area contributed by atoms with Gasteiger partial charge in [0.05, 0.1) is 5.56 Å². The summed E-state index contributed by atoms with van der Waals surface area (Å²) in [6.07, 6.45) is 1.61. The predicted molar refractivity (Wildman–Crippen MR) is 79.1 cm³/mol. The Morgan fingerprint density at radius 3 is 2.81 bits per heavy atom. The zero-order valence-corrected chi connectivity index (χ0v) is 10.9. The van der Waals surface area contributed by atoms with Gasteiger partial charge in [0.2, 0.25) is 5.88 Å². The van der Waals surface area contributed by atoms with Crippen LogP contribution in [0.25, 0.3) is 10.8 Å². The molecule has 0 aliphatic rings. The second kappa shape index (κ2) is 5.02. The van der Waals surface area contributed by atoms with Gasteiger partial charge in [0.25, 0.3) is 0 Å². The van der Waals surface area contributed by atoms with Crippen molar-refractivity contribution >= 4 is 16.5 Å². The molecule has 0 atom stereocenters. The van der Waals surface area contributed by atoms with E-state index in [-0.39, 0.29) is 5.75 Å². The van der Waals surface area contributed by atoms with Crippen molar-refractivity contribution in [3.8, 4) is 23.4 Å². The number of aromatic hydroxyl groups is 1. The van der Waals surface area contributed by atoms with Gasteiger partial charge in [0.15, 0.2) is 0 Å². The van der Waals surface area contributed by atoms with Crippen LogP contribution >= 0.6 is 0 Å². The van der Waals surface area contributed by atoms with E-state index in [1.807, 2.05) is 12.1 Å². The number of nitriles is 1. The molecule has 0 radical (unpaired) electrons. The van der Waals surface area contributed by atoms with Crippen LogP contribution in [0.4, 0.5) is 5.69 Å². The fourth-order valence-corrected chi connectivity index (χ4v) is 2.04. The summed E-state index contributed by atoms with van der Waals surface area (Å²) in [7, 11) is 0. The molecule has 0 aliphatic heterocycles. The summed E-state index contributed by atoms with van der Waals surface area (Å²) in [5.74, 6) is 0.817. The molecule has 1 heterocycles. The highest BCUT2D eigenvalue weighted by Crippen LogP contribution is 2.32. The second-order valence-corrected chi connectivity index (χ2v) is 4.49. The average molecular weight is 277 g/mol. The monoisotopic (exact) mass is 277 g/mol. The third-order valence-corrected chi connectivity index (χ3v) is 3.04. The third kappa shape index (κ3) is 2.42. The van der Waals surface area contributed by atoms with Crippen molar-refractivity contribution < 1.29 is 9.84 Å². The van der Waals surface area contributed by atoms with Crippen LogP contribution in [0.3, 0.4) is 0 Å². The molecule has 3 aromatic rings. The first-order valence-corrected chi connectivity index (χ1v) is 6.22. The van der Waals surface area contributed by atoms with E-state index >= 15 is 0 Å². The number of nitrogens with two attached hydrogens (primary N) is 1. The van der Waals surface area contributed by atoms with Crippen LogP contribution in [0.5, 0.6) is 17.4 Å². The van der Waals surface area contributed by atoms with E-state index in [9.17, 15) is 5.11 Å². The number of phenols is 1. The van der Waals surface area contributed by atoms with Crippen LogP contribution in [-0.2, 0) is 0 Å². The number of nitrogens with zero attached hydrogens (tertiary/aromatic N) is 2. The standard InChI is InChI=1S/C16H11N3O2/c17-9-11-7-12(18)2-4-15(11)21-16-14-8-13(20)3-1-10(14)5-6-19-16/h1-8,20H,18H2. The Hall–Kier alpha value is -3.26. The molecule has 3 rings (SSSR count). The number of aromatic nitrogens is 1. The SMILES string of the molecule is N#Cc1cc(N)ccc1Oc1nccc2ccc(O)cc12. The van der Waals surface area contributed by atoms with Gasteiger partial charge in [-0.2, -0.15) is 5.26 Å². The Bertz CT molecular complexity index is 869. The van der Waals surface area contributed by atoms with Crippen LogP contribution in [0.2, 0.25) is 0 Å². The minimum Gasteiger partial charge on any atom is -0.508 e. The summed E-state index contributed by atoms with van der Waals surface area (Å²) in [6, 6.07) is 13.6. The van der Waals surface area contributed by atoms with E-state index in [0.29, 0.717) is 28.3 Å². The molecule has 2 aromatic carbocycles. The van der Waals surface area contributed by atoms with Crippen LogP contribution in [0.1, 0.15) is 5.56 Å². The highest BCUT2D eigenvalue weighted by Gasteiger charge is 2.09. The molecule has 0 aliphatic carbocycles. The highest BCUT2D eigenvalue weighted by atomic mass is 16.5. The Labute approximate surface area is 120 Å². The fourth-order valence-electron chi connectivity index (χ4n) is 2.04. The minimum atomic E-state index is 0.123. The molecule has 0 unspecified atom stereocenters. The normalized spacial score (nSPS) is 10.2. The molecule has 3 N–H and O–H groups in total. The first-order valence-electron chi connectivity index (χ1n) is 6.22. The van der Waals surface area contributed by atoms with Crippen molar-refractivity contribution in [2.45, 2.75) is 0 Å². The van der Waals surface area contributed by atoms with Gasteiger partial charge >= 0.3 is 0 Å². The topological polar surface area (TPSA) is 92.2 Å². The lowest BCUT2D eigenvalue weighted by molar-refractivity contribution is 0.464. The molecule has 21 heavy (non-hydrogen) atoms. The Morgan fingerprint density at radius 1 is 1.14 bits per heavy atom. The van der Waals surface area contributed by atoms with Gasteiger partial charge in [-0.05, 0) is 41.8 Å². The van der Waals surface area contributed by atoms with E-state index < -0.39 is 0 Å². The number of nitrogen functional groups attached to an aromatic ring is 1. The molecule has 0 spiro atoms. The molecule has 0 fully saturated rings. The first-order chi connectivity index (χ1) is 10.2. The third-order valence-electron chi connectivity index (χ3n) is 3.04. The number of benzene rings is 2. The van der Waals surface area contributed by atoms with Crippen molar-refractivity contribution in [2.24, 2.45) is 0 Å². The Morgan fingerprint density at radius 2 is 2.00 bits per heavy atom. The maximum absolute atomic E-state index is 9.61. The van der Waals surface area contributed by atoms with Gasteiger partial charge in [-0.25, -0.2) is 4.98 Å². The van der Waals surface area contributed by atoms with Crippen LogP contribution < -0.4 is 10.5 Å².